The fourth-order valence-corrected chi connectivity index (χ4v) is 2.52. The van der Waals surface area contributed by atoms with Crippen molar-refractivity contribution in [2.45, 2.75) is 32.6 Å². The van der Waals surface area contributed by atoms with Gasteiger partial charge in [0.15, 0.2) is 0 Å². The summed E-state index contributed by atoms with van der Waals surface area (Å²) in [4.78, 5) is 0. The Hall–Kier alpha value is -2.34. The van der Waals surface area contributed by atoms with Crippen LogP contribution in [0.15, 0.2) is 42.5 Å². The first kappa shape index (κ1) is 16.0. The van der Waals surface area contributed by atoms with E-state index < -0.39 is 0 Å². The van der Waals surface area contributed by atoms with Crippen LogP contribution < -0.4 is 4.74 Å². The summed E-state index contributed by atoms with van der Waals surface area (Å²) < 4.78 is 19.1. The lowest BCUT2D eigenvalue weighted by Gasteiger charge is -2.13. The molecule has 0 aliphatic carbocycles. The van der Waals surface area contributed by atoms with Crippen LogP contribution in [0.3, 0.4) is 0 Å². The summed E-state index contributed by atoms with van der Waals surface area (Å²) in [6.45, 7) is 4.60. The largest absolute Gasteiger partial charge is 0.493 e. The zero-order valence-corrected chi connectivity index (χ0v) is 13.0. The maximum absolute atomic E-state index is 13.2. The summed E-state index contributed by atoms with van der Waals surface area (Å²) in [5.74, 6) is 0.323. The summed E-state index contributed by atoms with van der Waals surface area (Å²) in [6, 6.07) is 14.6. The second kappa shape index (κ2) is 7.61. The Morgan fingerprint density at radius 3 is 2.45 bits per heavy atom. The van der Waals surface area contributed by atoms with Gasteiger partial charge >= 0.3 is 0 Å². The molecule has 0 fully saturated rings. The first-order valence-electron chi connectivity index (χ1n) is 7.46. The van der Waals surface area contributed by atoms with E-state index in [1.807, 2.05) is 32.0 Å². The Balaban J connectivity index is 1.89. The van der Waals surface area contributed by atoms with Gasteiger partial charge in [-0.25, -0.2) is 4.39 Å². The van der Waals surface area contributed by atoms with Gasteiger partial charge in [-0.1, -0.05) is 30.3 Å². The standard InChI is InChI=1S/C19H20FNO/c1-14-6-3-7-15(2)19(14)22-11-5-9-17(13-21)16-8-4-10-18(20)12-16/h3-4,6-8,10,12,17H,5,9,11H2,1-2H3. The zero-order chi connectivity index (χ0) is 15.9. The van der Waals surface area contributed by atoms with Crippen LogP contribution >= 0.6 is 0 Å². The van der Waals surface area contributed by atoms with Crippen LogP contribution in [0.25, 0.3) is 0 Å². The van der Waals surface area contributed by atoms with Crippen molar-refractivity contribution in [1.82, 2.24) is 0 Å². The van der Waals surface area contributed by atoms with E-state index in [-0.39, 0.29) is 11.7 Å². The quantitative estimate of drug-likeness (QED) is 0.710. The predicted octanol–water partition coefficient (Wildman–Crippen LogP) is 4.91. The molecule has 0 N–H and O–H groups in total. The lowest BCUT2D eigenvalue weighted by Crippen LogP contribution is -2.04. The predicted molar refractivity (Wildman–Crippen MR) is 85.4 cm³/mol. The average molecular weight is 297 g/mol. The van der Waals surface area contributed by atoms with Crippen molar-refractivity contribution < 1.29 is 9.13 Å². The number of benzene rings is 2. The third-order valence-electron chi connectivity index (χ3n) is 3.70. The van der Waals surface area contributed by atoms with Crippen molar-refractivity contribution in [3.8, 4) is 11.8 Å². The number of halogens is 1. The molecule has 0 heterocycles. The number of ether oxygens (including phenoxy) is 1. The van der Waals surface area contributed by atoms with E-state index in [9.17, 15) is 9.65 Å². The van der Waals surface area contributed by atoms with Crippen LogP contribution in [0, 0.1) is 31.0 Å². The van der Waals surface area contributed by atoms with Crippen LogP contribution in [-0.2, 0) is 0 Å². The fraction of sp³-hybridized carbons (Fsp3) is 0.316. The first-order valence-corrected chi connectivity index (χ1v) is 7.46. The molecule has 0 amide bonds. The molecule has 114 valence electrons. The summed E-state index contributed by atoms with van der Waals surface area (Å²) >= 11 is 0. The van der Waals surface area contributed by atoms with Crippen LogP contribution in [0.1, 0.15) is 35.4 Å². The van der Waals surface area contributed by atoms with Gasteiger partial charge in [0.2, 0.25) is 0 Å². The molecule has 0 spiro atoms. The van der Waals surface area contributed by atoms with E-state index in [1.165, 1.54) is 12.1 Å². The number of hydrogen-bond acceptors (Lipinski definition) is 2. The Morgan fingerprint density at radius 1 is 1.14 bits per heavy atom. The molecule has 0 saturated heterocycles. The fourth-order valence-electron chi connectivity index (χ4n) is 2.52. The highest BCUT2D eigenvalue weighted by molar-refractivity contribution is 5.39. The van der Waals surface area contributed by atoms with E-state index in [2.05, 4.69) is 6.07 Å². The Bertz CT molecular complexity index is 655. The highest BCUT2D eigenvalue weighted by atomic mass is 19.1. The Morgan fingerprint density at radius 2 is 1.82 bits per heavy atom. The molecule has 2 aromatic carbocycles. The van der Waals surface area contributed by atoms with Crippen LogP contribution in [0.5, 0.6) is 5.75 Å². The van der Waals surface area contributed by atoms with E-state index in [0.717, 1.165) is 28.9 Å². The van der Waals surface area contributed by atoms with Crippen molar-refractivity contribution in [2.24, 2.45) is 0 Å². The molecule has 22 heavy (non-hydrogen) atoms. The van der Waals surface area contributed by atoms with Crippen molar-refractivity contribution in [2.75, 3.05) is 6.61 Å². The third-order valence-corrected chi connectivity index (χ3v) is 3.70. The van der Waals surface area contributed by atoms with Gasteiger partial charge in [0.1, 0.15) is 11.6 Å². The highest BCUT2D eigenvalue weighted by Gasteiger charge is 2.11. The number of rotatable bonds is 6. The normalized spacial score (nSPS) is 11.7. The molecular formula is C19H20FNO. The second-order valence-electron chi connectivity index (χ2n) is 5.45. The van der Waals surface area contributed by atoms with Gasteiger partial charge in [0.05, 0.1) is 18.6 Å². The average Bonchev–Trinajstić information content (AvgIpc) is 2.50. The molecule has 2 nitrogen and oxygen atoms in total. The van der Waals surface area contributed by atoms with Crippen LogP contribution in [-0.4, -0.2) is 6.61 Å². The summed E-state index contributed by atoms with van der Waals surface area (Å²) in [6.07, 6.45) is 1.41. The number of para-hydroxylation sites is 1. The minimum Gasteiger partial charge on any atom is -0.493 e. The number of hydrogen-bond donors (Lipinski definition) is 0. The molecule has 3 heteroatoms. The maximum atomic E-state index is 13.2. The van der Waals surface area contributed by atoms with Crippen molar-refractivity contribution >= 4 is 0 Å². The molecule has 0 bridgehead atoms. The van der Waals surface area contributed by atoms with Gasteiger partial charge < -0.3 is 4.74 Å². The van der Waals surface area contributed by atoms with Crippen molar-refractivity contribution in [3.05, 3.63) is 65.0 Å². The number of nitriles is 1. The number of aryl methyl sites for hydroxylation is 2. The van der Waals surface area contributed by atoms with Crippen molar-refractivity contribution in [3.63, 3.8) is 0 Å². The molecule has 2 aromatic rings. The molecule has 0 aromatic heterocycles. The van der Waals surface area contributed by atoms with Gasteiger partial charge in [0.25, 0.3) is 0 Å². The van der Waals surface area contributed by atoms with Crippen LogP contribution in [0.4, 0.5) is 4.39 Å². The first-order chi connectivity index (χ1) is 10.6. The lowest BCUT2D eigenvalue weighted by atomic mass is 9.96. The molecule has 1 unspecified atom stereocenters. The maximum Gasteiger partial charge on any atom is 0.125 e. The summed E-state index contributed by atoms with van der Waals surface area (Å²) in [5.41, 5.74) is 2.96. The minimum absolute atomic E-state index is 0.294. The summed E-state index contributed by atoms with van der Waals surface area (Å²) in [5, 5.41) is 9.26. The summed E-state index contributed by atoms with van der Waals surface area (Å²) in [7, 11) is 0. The third kappa shape index (κ3) is 4.08. The molecule has 0 aliphatic rings. The van der Waals surface area contributed by atoms with Gasteiger partial charge in [0, 0.05) is 0 Å². The lowest BCUT2D eigenvalue weighted by molar-refractivity contribution is 0.301. The van der Waals surface area contributed by atoms with E-state index in [1.54, 1.807) is 12.1 Å². The van der Waals surface area contributed by atoms with Crippen LogP contribution in [0.2, 0.25) is 0 Å². The Labute approximate surface area is 131 Å². The van der Waals surface area contributed by atoms with E-state index in [4.69, 9.17) is 4.74 Å². The molecule has 0 radical (unpaired) electrons. The van der Waals surface area contributed by atoms with Gasteiger partial charge in [-0.15, -0.1) is 0 Å². The van der Waals surface area contributed by atoms with Gasteiger partial charge in [-0.3, -0.25) is 0 Å². The molecule has 0 saturated carbocycles. The van der Waals surface area contributed by atoms with E-state index in [0.29, 0.717) is 13.0 Å². The monoisotopic (exact) mass is 297 g/mol. The van der Waals surface area contributed by atoms with E-state index >= 15 is 0 Å². The zero-order valence-electron chi connectivity index (χ0n) is 13.0. The van der Waals surface area contributed by atoms with Crippen molar-refractivity contribution in [1.29, 1.82) is 5.26 Å². The molecular weight excluding hydrogens is 277 g/mol. The smallest absolute Gasteiger partial charge is 0.125 e. The second-order valence-corrected chi connectivity index (χ2v) is 5.45. The number of nitrogens with zero attached hydrogens (tertiary/aromatic N) is 1. The van der Waals surface area contributed by atoms with Gasteiger partial charge in [-0.2, -0.15) is 5.26 Å². The molecule has 0 aliphatic heterocycles. The SMILES string of the molecule is Cc1cccc(C)c1OCCCC(C#N)c1cccc(F)c1. The molecule has 2 rings (SSSR count). The Kier molecular flexibility index (Phi) is 5.55. The van der Waals surface area contributed by atoms with Gasteiger partial charge in [-0.05, 0) is 55.5 Å². The molecule has 1 atom stereocenters. The minimum atomic E-state index is -0.301. The topological polar surface area (TPSA) is 33.0 Å². The highest BCUT2D eigenvalue weighted by Crippen LogP contribution is 2.24.